The first-order valence-corrected chi connectivity index (χ1v) is 8.84. The second kappa shape index (κ2) is 6.44. The van der Waals surface area contributed by atoms with Crippen molar-refractivity contribution in [2.45, 2.75) is 76.2 Å². The van der Waals surface area contributed by atoms with Crippen LogP contribution in [0.4, 0.5) is 18.0 Å². The number of piperidine rings is 1. The summed E-state index contributed by atoms with van der Waals surface area (Å²) in [5.74, 6) is -4.05. The highest BCUT2D eigenvalue weighted by atomic mass is 19.2. The number of hydrogen-bond acceptors (Lipinski definition) is 3. The molecule has 2 unspecified atom stereocenters. The van der Waals surface area contributed by atoms with E-state index in [2.05, 4.69) is 0 Å². The van der Waals surface area contributed by atoms with E-state index in [1.165, 1.54) is 0 Å². The van der Waals surface area contributed by atoms with E-state index in [0.29, 0.717) is 12.8 Å². The maximum Gasteiger partial charge on any atom is 0.410 e. The molecular formula is C19H24F3NO3. The van der Waals surface area contributed by atoms with Crippen molar-refractivity contribution in [3.8, 4) is 0 Å². The zero-order valence-corrected chi connectivity index (χ0v) is 15.2. The number of hydrogen-bond donors (Lipinski definition) is 1. The lowest BCUT2D eigenvalue weighted by atomic mass is 9.81. The SMILES string of the molecule is CC(C)(C)OC(=O)N1C2CCC1CC(O)(Cc1cc(F)c(F)c(F)c1)C2. The average Bonchev–Trinajstić information content (AvgIpc) is 2.76. The van der Waals surface area contributed by atoms with Crippen molar-refractivity contribution in [2.24, 2.45) is 0 Å². The Morgan fingerprint density at radius 3 is 2.15 bits per heavy atom. The van der Waals surface area contributed by atoms with Gasteiger partial charge in [-0.15, -0.1) is 0 Å². The zero-order valence-electron chi connectivity index (χ0n) is 15.2. The van der Waals surface area contributed by atoms with Crippen LogP contribution in [-0.4, -0.2) is 39.4 Å². The molecule has 1 N–H and O–H groups in total. The number of rotatable bonds is 2. The number of aliphatic hydroxyl groups is 1. The molecule has 1 amide bonds. The number of ether oxygens (including phenoxy) is 1. The van der Waals surface area contributed by atoms with Crippen LogP contribution >= 0.6 is 0 Å². The molecule has 2 aliphatic heterocycles. The second-order valence-electron chi connectivity index (χ2n) is 8.46. The summed E-state index contributed by atoms with van der Waals surface area (Å²) in [5, 5.41) is 11.0. The number of amides is 1. The summed E-state index contributed by atoms with van der Waals surface area (Å²) in [7, 11) is 0. The van der Waals surface area contributed by atoms with Crippen LogP contribution in [0, 0.1) is 17.5 Å². The van der Waals surface area contributed by atoms with Crippen LogP contribution < -0.4 is 0 Å². The predicted octanol–water partition coefficient (Wildman–Crippen LogP) is 3.94. The van der Waals surface area contributed by atoms with E-state index >= 15 is 0 Å². The van der Waals surface area contributed by atoms with Gasteiger partial charge in [-0.05, 0) is 64.2 Å². The van der Waals surface area contributed by atoms with Gasteiger partial charge in [-0.25, -0.2) is 18.0 Å². The molecule has 2 bridgehead atoms. The van der Waals surface area contributed by atoms with Crippen molar-refractivity contribution in [1.82, 2.24) is 4.90 Å². The quantitative estimate of drug-likeness (QED) is 0.801. The molecule has 2 aliphatic rings. The summed E-state index contributed by atoms with van der Waals surface area (Å²) in [6.07, 6.45) is 1.70. The average molecular weight is 371 g/mol. The van der Waals surface area contributed by atoms with Gasteiger partial charge in [0.15, 0.2) is 17.5 Å². The minimum Gasteiger partial charge on any atom is -0.444 e. The largest absolute Gasteiger partial charge is 0.444 e. The van der Waals surface area contributed by atoms with Gasteiger partial charge >= 0.3 is 6.09 Å². The Morgan fingerprint density at radius 2 is 1.69 bits per heavy atom. The Kier molecular flexibility index (Phi) is 4.71. The Labute approximate surface area is 150 Å². The number of carbonyl (C=O) groups excluding carboxylic acids is 1. The van der Waals surface area contributed by atoms with Crippen LogP contribution in [-0.2, 0) is 11.2 Å². The second-order valence-corrected chi connectivity index (χ2v) is 8.46. The standard InChI is InChI=1S/C19H24F3NO3/c1-18(2,3)26-17(24)23-12-4-5-13(23)10-19(25,9-12)8-11-6-14(20)16(22)15(21)7-11/h6-7,12-13,25H,4-5,8-10H2,1-3H3. The summed E-state index contributed by atoms with van der Waals surface area (Å²) in [6, 6.07) is 1.48. The van der Waals surface area contributed by atoms with Crippen molar-refractivity contribution in [3.63, 3.8) is 0 Å². The first-order chi connectivity index (χ1) is 12.0. The highest BCUT2D eigenvalue weighted by molar-refractivity contribution is 5.69. The number of benzene rings is 1. The molecule has 2 fully saturated rings. The van der Waals surface area contributed by atoms with Gasteiger partial charge in [0.1, 0.15) is 5.60 Å². The number of fused-ring (bicyclic) bond motifs is 2. The predicted molar refractivity (Wildman–Crippen MR) is 89.1 cm³/mol. The lowest BCUT2D eigenvalue weighted by Crippen LogP contribution is -2.55. The molecule has 1 aromatic rings. The lowest BCUT2D eigenvalue weighted by molar-refractivity contribution is -0.0579. The monoisotopic (exact) mass is 371 g/mol. The van der Waals surface area contributed by atoms with E-state index in [1.54, 1.807) is 25.7 Å². The van der Waals surface area contributed by atoms with Crippen molar-refractivity contribution < 1.29 is 27.8 Å². The molecule has 2 heterocycles. The van der Waals surface area contributed by atoms with E-state index < -0.39 is 34.7 Å². The first-order valence-electron chi connectivity index (χ1n) is 8.84. The van der Waals surface area contributed by atoms with Crippen molar-refractivity contribution in [1.29, 1.82) is 0 Å². The summed E-state index contributed by atoms with van der Waals surface area (Å²) in [5.41, 5.74) is -1.59. The van der Waals surface area contributed by atoms with Crippen molar-refractivity contribution in [2.75, 3.05) is 0 Å². The van der Waals surface area contributed by atoms with Gasteiger partial charge in [-0.2, -0.15) is 0 Å². The smallest absolute Gasteiger partial charge is 0.410 e. The molecule has 2 atom stereocenters. The highest BCUT2D eigenvalue weighted by Gasteiger charge is 2.50. The van der Waals surface area contributed by atoms with Crippen LogP contribution in [0.15, 0.2) is 12.1 Å². The van der Waals surface area contributed by atoms with E-state index in [0.717, 1.165) is 25.0 Å². The van der Waals surface area contributed by atoms with Crippen LogP contribution in [0.25, 0.3) is 0 Å². The fourth-order valence-corrected chi connectivity index (χ4v) is 4.17. The Morgan fingerprint density at radius 1 is 1.19 bits per heavy atom. The van der Waals surface area contributed by atoms with Crippen molar-refractivity contribution in [3.05, 3.63) is 35.1 Å². The van der Waals surface area contributed by atoms with Gasteiger partial charge in [0.2, 0.25) is 0 Å². The molecule has 0 spiro atoms. The van der Waals surface area contributed by atoms with E-state index in [4.69, 9.17) is 4.74 Å². The van der Waals surface area contributed by atoms with Crippen LogP contribution in [0.3, 0.4) is 0 Å². The third-order valence-electron chi connectivity index (χ3n) is 5.03. The van der Waals surface area contributed by atoms with Gasteiger partial charge < -0.3 is 14.7 Å². The van der Waals surface area contributed by atoms with E-state index in [-0.39, 0.29) is 24.1 Å². The summed E-state index contributed by atoms with van der Waals surface area (Å²) >= 11 is 0. The molecule has 1 aromatic carbocycles. The van der Waals surface area contributed by atoms with Gasteiger partial charge in [0, 0.05) is 18.5 Å². The fraction of sp³-hybridized carbons (Fsp3) is 0.632. The van der Waals surface area contributed by atoms with E-state index in [9.17, 15) is 23.1 Å². The van der Waals surface area contributed by atoms with Gasteiger partial charge in [-0.3, -0.25) is 0 Å². The number of carbonyl (C=O) groups is 1. The molecule has 7 heteroatoms. The van der Waals surface area contributed by atoms with Gasteiger partial charge in [-0.1, -0.05) is 0 Å². The molecule has 3 rings (SSSR count). The third-order valence-corrected chi connectivity index (χ3v) is 5.03. The Balaban J connectivity index is 1.74. The minimum absolute atomic E-state index is 0.0102. The number of nitrogens with zero attached hydrogens (tertiary/aromatic N) is 1. The topological polar surface area (TPSA) is 49.8 Å². The van der Waals surface area contributed by atoms with Crippen molar-refractivity contribution >= 4 is 6.09 Å². The normalized spacial score (nSPS) is 28.3. The third kappa shape index (κ3) is 3.82. The molecule has 2 saturated heterocycles. The van der Waals surface area contributed by atoms with Gasteiger partial charge in [0.25, 0.3) is 0 Å². The molecular weight excluding hydrogens is 347 g/mol. The molecule has 0 aromatic heterocycles. The van der Waals surface area contributed by atoms with Crippen LogP contribution in [0.1, 0.15) is 52.0 Å². The maximum absolute atomic E-state index is 13.4. The summed E-state index contributed by atoms with van der Waals surface area (Å²) in [6.45, 7) is 5.39. The summed E-state index contributed by atoms with van der Waals surface area (Å²) < 4.78 is 45.5. The van der Waals surface area contributed by atoms with Gasteiger partial charge in [0.05, 0.1) is 5.60 Å². The Bertz CT molecular complexity index is 679. The lowest BCUT2D eigenvalue weighted by Gasteiger charge is -2.44. The highest BCUT2D eigenvalue weighted by Crippen LogP contribution is 2.43. The Hall–Kier alpha value is -1.76. The summed E-state index contributed by atoms with van der Waals surface area (Å²) in [4.78, 5) is 14.1. The molecule has 0 saturated carbocycles. The molecule has 26 heavy (non-hydrogen) atoms. The van der Waals surface area contributed by atoms with Crippen LogP contribution in [0.2, 0.25) is 0 Å². The maximum atomic E-state index is 13.4. The first kappa shape index (κ1) is 19.0. The van der Waals surface area contributed by atoms with Crippen LogP contribution in [0.5, 0.6) is 0 Å². The number of halogens is 3. The molecule has 4 nitrogen and oxygen atoms in total. The minimum atomic E-state index is -1.51. The fourth-order valence-electron chi connectivity index (χ4n) is 4.17. The molecule has 0 aliphatic carbocycles. The molecule has 144 valence electrons. The zero-order chi connectivity index (χ0) is 19.3. The van der Waals surface area contributed by atoms with E-state index in [1.807, 2.05) is 0 Å². The molecule has 0 radical (unpaired) electrons.